The molecule has 2 aliphatic rings. The predicted octanol–water partition coefficient (Wildman–Crippen LogP) is 8.93. The van der Waals surface area contributed by atoms with Crippen LogP contribution in [0.3, 0.4) is 0 Å². The second-order valence-corrected chi connectivity index (χ2v) is 11.4. The Labute approximate surface area is 242 Å². The number of fused-ring (bicyclic) bond motifs is 5. The van der Waals surface area contributed by atoms with E-state index in [1.807, 2.05) is 0 Å². The fraction of sp³-hybridized carbons (Fsp3) is 0.184. The lowest BCUT2D eigenvalue weighted by molar-refractivity contribution is -0.401. The van der Waals surface area contributed by atoms with Crippen molar-refractivity contribution in [3.05, 3.63) is 138 Å². The number of para-hydroxylation sites is 1. The molecule has 2 aliphatic heterocycles. The molecule has 0 amide bonds. The van der Waals surface area contributed by atoms with Gasteiger partial charge in [-0.3, -0.25) is 0 Å². The van der Waals surface area contributed by atoms with E-state index < -0.39 is 0 Å². The van der Waals surface area contributed by atoms with Gasteiger partial charge in [-0.15, -0.1) is 0 Å². The molecule has 3 nitrogen and oxygen atoms in total. The van der Waals surface area contributed by atoms with E-state index >= 15 is 0 Å². The Morgan fingerprint density at radius 3 is 2.41 bits per heavy atom. The molecule has 2 heterocycles. The lowest BCUT2D eigenvalue weighted by Gasteiger charge is -2.23. The molecule has 1 atom stereocenters. The standard InChI is InChI=1S/C38H35N2O/c1-4-24-40-36(41-34-23-22-29-13-7-8-15-31(29)37(34)40)19-11-18-35-38(2,32-16-9-10-17-33(32)39(35)3)26-27-20-21-28-12-5-6-14-30(28)25-27/h5-23,25H,4,24,26H2,1-3H3/q+1. The van der Waals surface area contributed by atoms with Crippen LogP contribution >= 0.6 is 0 Å². The summed E-state index contributed by atoms with van der Waals surface area (Å²) in [7, 11) is 2.19. The molecular weight excluding hydrogens is 500 g/mol. The summed E-state index contributed by atoms with van der Waals surface area (Å²) >= 11 is 0. The van der Waals surface area contributed by atoms with E-state index in [1.54, 1.807) is 0 Å². The number of anilines is 1. The molecule has 0 saturated heterocycles. The Morgan fingerprint density at radius 1 is 0.829 bits per heavy atom. The smallest absolute Gasteiger partial charge is 0.209 e. The Balaban J connectivity index is 1.25. The maximum atomic E-state index is 6.44. The minimum Gasteiger partial charge on any atom is -0.439 e. The minimum absolute atomic E-state index is 0.165. The third-order valence-corrected chi connectivity index (χ3v) is 8.71. The number of allylic oxidation sites excluding steroid dienone is 3. The van der Waals surface area contributed by atoms with Crippen LogP contribution < -0.4 is 9.64 Å². The van der Waals surface area contributed by atoms with Crippen molar-refractivity contribution >= 4 is 38.6 Å². The molecule has 1 unspecified atom stereocenters. The van der Waals surface area contributed by atoms with E-state index in [2.05, 4.69) is 152 Å². The molecule has 7 rings (SSSR count). The second-order valence-electron chi connectivity index (χ2n) is 11.4. The molecular formula is C38H35N2O+. The highest BCUT2D eigenvalue weighted by atomic mass is 16.5. The van der Waals surface area contributed by atoms with Crippen molar-refractivity contribution in [2.75, 3.05) is 18.5 Å². The lowest BCUT2D eigenvalue weighted by Crippen LogP contribution is -2.33. The molecule has 202 valence electrons. The zero-order valence-electron chi connectivity index (χ0n) is 24.0. The van der Waals surface area contributed by atoms with Crippen LogP contribution in [0.5, 0.6) is 5.75 Å². The van der Waals surface area contributed by atoms with Gasteiger partial charge in [-0.1, -0.05) is 104 Å². The van der Waals surface area contributed by atoms with Crippen molar-refractivity contribution in [1.29, 1.82) is 0 Å². The zero-order valence-corrected chi connectivity index (χ0v) is 24.0. The molecule has 0 bridgehead atoms. The molecule has 0 spiro atoms. The predicted molar refractivity (Wildman–Crippen MR) is 172 cm³/mol. The summed E-state index contributed by atoms with van der Waals surface area (Å²) in [6.07, 6.45) is 8.54. The first-order chi connectivity index (χ1) is 20.1. The lowest BCUT2D eigenvalue weighted by atomic mass is 9.74. The van der Waals surface area contributed by atoms with Gasteiger partial charge in [0.25, 0.3) is 0 Å². The first-order valence-corrected chi connectivity index (χ1v) is 14.6. The largest absolute Gasteiger partial charge is 0.439 e. The van der Waals surface area contributed by atoms with Gasteiger partial charge in [0.15, 0.2) is 11.5 Å². The first-order valence-electron chi connectivity index (χ1n) is 14.6. The molecule has 5 aromatic rings. The van der Waals surface area contributed by atoms with E-state index in [0.29, 0.717) is 0 Å². The van der Waals surface area contributed by atoms with Crippen molar-refractivity contribution in [2.45, 2.75) is 32.1 Å². The molecule has 41 heavy (non-hydrogen) atoms. The van der Waals surface area contributed by atoms with Gasteiger partial charge in [0, 0.05) is 29.6 Å². The van der Waals surface area contributed by atoms with Crippen LogP contribution in [-0.4, -0.2) is 23.9 Å². The van der Waals surface area contributed by atoms with Gasteiger partial charge in [0.1, 0.15) is 7.05 Å². The quantitative estimate of drug-likeness (QED) is 0.202. The Hall–Kier alpha value is -4.63. The molecule has 0 aromatic heterocycles. The third kappa shape index (κ3) is 4.24. The van der Waals surface area contributed by atoms with Gasteiger partial charge in [0.05, 0.1) is 11.1 Å². The highest BCUT2D eigenvalue weighted by molar-refractivity contribution is 6.04. The van der Waals surface area contributed by atoms with Crippen LogP contribution in [0.15, 0.2) is 127 Å². The fourth-order valence-electron chi connectivity index (χ4n) is 6.77. The molecule has 3 heteroatoms. The second kappa shape index (κ2) is 10.1. The van der Waals surface area contributed by atoms with E-state index in [-0.39, 0.29) is 5.41 Å². The van der Waals surface area contributed by atoms with Crippen LogP contribution in [0.2, 0.25) is 0 Å². The van der Waals surface area contributed by atoms with Gasteiger partial charge in [-0.05, 0) is 53.6 Å². The summed E-state index contributed by atoms with van der Waals surface area (Å²) in [6, 6.07) is 37.1. The van der Waals surface area contributed by atoms with Crippen LogP contribution in [0.1, 0.15) is 31.4 Å². The zero-order chi connectivity index (χ0) is 28.0. The molecule has 5 aromatic carbocycles. The molecule has 0 aliphatic carbocycles. The van der Waals surface area contributed by atoms with Gasteiger partial charge in [0.2, 0.25) is 11.6 Å². The summed E-state index contributed by atoms with van der Waals surface area (Å²) in [5.74, 6) is 1.81. The van der Waals surface area contributed by atoms with Crippen molar-refractivity contribution in [2.24, 2.45) is 0 Å². The molecule has 0 N–H and O–H groups in total. The van der Waals surface area contributed by atoms with Crippen LogP contribution in [0.4, 0.5) is 11.4 Å². The Kier molecular flexibility index (Phi) is 6.23. The number of nitrogens with zero attached hydrogens (tertiary/aromatic N) is 2. The van der Waals surface area contributed by atoms with Crippen molar-refractivity contribution in [3.8, 4) is 5.75 Å². The van der Waals surface area contributed by atoms with Crippen molar-refractivity contribution in [3.63, 3.8) is 0 Å². The normalized spacial score (nSPS) is 19.0. The summed E-state index contributed by atoms with van der Waals surface area (Å²) < 4.78 is 8.79. The van der Waals surface area contributed by atoms with Gasteiger partial charge < -0.3 is 9.64 Å². The SMILES string of the molecule is CCCN1/C(=C/C=C/C2=[N+](C)c3ccccc3C2(C)Cc2ccc3ccccc3c2)Oc2ccc3ccccc3c21. The minimum atomic E-state index is -0.165. The number of hydrogen-bond donors (Lipinski definition) is 0. The maximum absolute atomic E-state index is 6.44. The number of hydrogen-bond acceptors (Lipinski definition) is 2. The number of ether oxygens (including phenoxy) is 1. The highest BCUT2D eigenvalue weighted by Gasteiger charge is 2.46. The Morgan fingerprint density at radius 2 is 1.56 bits per heavy atom. The number of rotatable bonds is 6. The summed E-state index contributed by atoms with van der Waals surface area (Å²) in [6.45, 7) is 5.51. The van der Waals surface area contributed by atoms with Gasteiger partial charge in [-0.25, -0.2) is 0 Å². The van der Waals surface area contributed by atoms with Crippen LogP contribution in [-0.2, 0) is 11.8 Å². The summed E-state index contributed by atoms with van der Waals surface area (Å²) in [5.41, 5.74) is 6.27. The van der Waals surface area contributed by atoms with E-state index in [1.165, 1.54) is 49.8 Å². The average Bonchev–Trinajstić information content (AvgIpc) is 3.45. The topological polar surface area (TPSA) is 15.5 Å². The molecule has 0 fully saturated rings. The van der Waals surface area contributed by atoms with E-state index in [4.69, 9.17) is 4.74 Å². The van der Waals surface area contributed by atoms with E-state index in [9.17, 15) is 0 Å². The monoisotopic (exact) mass is 535 g/mol. The van der Waals surface area contributed by atoms with Crippen LogP contribution in [0, 0.1) is 0 Å². The highest BCUT2D eigenvalue weighted by Crippen LogP contribution is 2.45. The van der Waals surface area contributed by atoms with Crippen molar-refractivity contribution < 1.29 is 9.31 Å². The molecule has 0 saturated carbocycles. The van der Waals surface area contributed by atoms with Crippen molar-refractivity contribution in [1.82, 2.24) is 0 Å². The summed E-state index contributed by atoms with van der Waals surface area (Å²) in [5, 5.41) is 5.03. The van der Waals surface area contributed by atoms with Gasteiger partial charge >= 0.3 is 0 Å². The first kappa shape index (κ1) is 25.3. The Bertz CT molecular complexity index is 1900. The fourth-order valence-corrected chi connectivity index (χ4v) is 6.77. The van der Waals surface area contributed by atoms with E-state index in [0.717, 1.165) is 31.0 Å². The maximum Gasteiger partial charge on any atom is 0.209 e. The van der Waals surface area contributed by atoms with Gasteiger partial charge in [-0.2, -0.15) is 4.58 Å². The number of benzene rings is 5. The molecule has 0 radical (unpaired) electrons. The third-order valence-electron chi connectivity index (χ3n) is 8.71. The average molecular weight is 536 g/mol. The van der Waals surface area contributed by atoms with Crippen LogP contribution in [0.25, 0.3) is 21.5 Å². The summed E-state index contributed by atoms with van der Waals surface area (Å²) in [4.78, 5) is 2.33.